The van der Waals surface area contributed by atoms with Crippen LogP contribution >= 0.6 is 0 Å². The van der Waals surface area contributed by atoms with Crippen LogP contribution in [0.5, 0.6) is 0 Å². The molecule has 19 heavy (non-hydrogen) atoms. The van der Waals surface area contributed by atoms with E-state index in [1.54, 1.807) is 0 Å². The molecule has 2 N–H and O–H groups in total. The summed E-state index contributed by atoms with van der Waals surface area (Å²) in [6.07, 6.45) is -5.35. The number of tetrazole rings is 1. The van der Waals surface area contributed by atoms with Gasteiger partial charge in [-0.3, -0.25) is 0 Å². The predicted octanol–water partition coefficient (Wildman–Crippen LogP) is 2.01. The van der Waals surface area contributed by atoms with Crippen LogP contribution in [0.1, 0.15) is 6.42 Å². The average molecular weight is 275 g/mol. The summed E-state index contributed by atoms with van der Waals surface area (Å²) in [5.41, 5.74) is 5.62. The lowest BCUT2D eigenvalue weighted by Crippen LogP contribution is -2.14. The summed E-state index contributed by atoms with van der Waals surface area (Å²) in [6.45, 7) is -0.414. The van der Waals surface area contributed by atoms with E-state index in [2.05, 4.69) is 15.5 Å². The monoisotopic (exact) mass is 275 g/mol. The van der Waals surface area contributed by atoms with Crippen LogP contribution in [-0.4, -0.2) is 26.4 Å². The molecule has 0 radical (unpaired) electrons. The van der Waals surface area contributed by atoms with E-state index >= 15 is 0 Å². The number of halogens is 4. The number of benzene rings is 1. The molecule has 102 valence electrons. The first kappa shape index (κ1) is 13.2. The van der Waals surface area contributed by atoms with Crippen molar-refractivity contribution in [3.8, 4) is 11.4 Å². The topological polar surface area (TPSA) is 69.6 Å². The molecule has 0 unspecified atom stereocenters. The molecule has 1 aromatic heterocycles. The smallest absolute Gasteiger partial charge is 0.390 e. The number of nitrogens with two attached hydrogens (primary N) is 1. The molecular formula is C10H9F4N5. The van der Waals surface area contributed by atoms with Gasteiger partial charge < -0.3 is 5.73 Å². The highest BCUT2D eigenvalue weighted by Gasteiger charge is 2.27. The molecule has 0 saturated heterocycles. The number of hydrogen-bond donors (Lipinski definition) is 1. The second kappa shape index (κ2) is 4.82. The Balaban J connectivity index is 2.26. The number of anilines is 1. The molecule has 0 spiro atoms. The van der Waals surface area contributed by atoms with Crippen molar-refractivity contribution in [1.82, 2.24) is 20.2 Å². The van der Waals surface area contributed by atoms with Crippen molar-refractivity contribution in [3.63, 3.8) is 0 Å². The Hall–Kier alpha value is -2.19. The highest BCUT2D eigenvalue weighted by atomic mass is 19.4. The average Bonchev–Trinajstić information content (AvgIpc) is 2.77. The summed E-state index contributed by atoms with van der Waals surface area (Å²) in [6, 6.07) is 3.72. The molecule has 0 aliphatic carbocycles. The van der Waals surface area contributed by atoms with E-state index in [0.29, 0.717) is 5.56 Å². The number of aryl methyl sites for hydroxylation is 1. The zero-order chi connectivity index (χ0) is 14.0. The molecule has 2 aromatic rings. The van der Waals surface area contributed by atoms with Crippen LogP contribution in [0.2, 0.25) is 0 Å². The fraction of sp³-hybridized carbons (Fsp3) is 0.300. The Morgan fingerprint density at radius 3 is 2.63 bits per heavy atom. The van der Waals surface area contributed by atoms with Crippen molar-refractivity contribution in [1.29, 1.82) is 0 Å². The Morgan fingerprint density at radius 2 is 2.00 bits per heavy atom. The fourth-order valence-electron chi connectivity index (χ4n) is 1.48. The van der Waals surface area contributed by atoms with Crippen molar-refractivity contribution in [2.45, 2.75) is 19.1 Å². The van der Waals surface area contributed by atoms with Gasteiger partial charge >= 0.3 is 6.18 Å². The van der Waals surface area contributed by atoms with Gasteiger partial charge in [-0.05, 0) is 28.6 Å². The number of alkyl halides is 3. The minimum atomic E-state index is -4.30. The molecule has 0 aliphatic rings. The van der Waals surface area contributed by atoms with Crippen LogP contribution in [-0.2, 0) is 6.54 Å². The molecule has 0 atom stereocenters. The zero-order valence-electron chi connectivity index (χ0n) is 9.52. The molecule has 2 rings (SSSR count). The van der Waals surface area contributed by atoms with Gasteiger partial charge in [-0.2, -0.15) is 13.2 Å². The molecule has 9 heteroatoms. The van der Waals surface area contributed by atoms with Crippen molar-refractivity contribution in [2.24, 2.45) is 0 Å². The van der Waals surface area contributed by atoms with E-state index in [4.69, 9.17) is 5.73 Å². The summed E-state index contributed by atoms with van der Waals surface area (Å²) in [5.74, 6) is -0.506. The van der Waals surface area contributed by atoms with E-state index in [-0.39, 0.29) is 11.5 Å². The predicted molar refractivity (Wildman–Crippen MR) is 58.3 cm³/mol. The maximum atomic E-state index is 13.0. The first-order chi connectivity index (χ1) is 8.87. The van der Waals surface area contributed by atoms with E-state index < -0.39 is 25.0 Å². The van der Waals surface area contributed by atoms with E-state index in [1.807, 2.05) is 0 Å². The summed E-state index contributed by atoms with van der Waals surface area (Å²) in [5, 5.41) is 10.4. The summed E-state index contributed by atoms with van der Waals surface area (Å²) in [7, 11) is 0. The van der Waals surface area contributed by atoms with Crippen LogP contribution in [0.3, 0.4) is 0 Å². The Bertz CT molecular complexity index is 578. The van der Waals surface area contributed by atoms with Gasteiger partial charge in [0.1, 0.15) is 5.82 Å². The van der Waals surface area contributed by atoms with Crippen LogP contribution in [0.4, 0.5) is 23.2 Å². The molecule has 1 aromatic carbocycles. The van der Waals surface area contributed by atoms with Gasteiger partial charge in [-0.1, -0.05) is 0 Å². The highest BCUT2D eigenvalue weighted by molar-refractivity contribution is 5.61. The van der Waals surface area contributed by atoms with Crippen LogP contribution < -0.4 is 5.73 Å². The van der Waals surface area contributed by atoms with Crippen molar-refractivity contribution < 1.29 is 17.6 Å². The molecule has 0 bridgehead atoms. The maximum absolute atomic E-state index is 13.0. The molecule has 0 fully saturated rings. The molecular weight excluding hydrogens is 266 g/mol. The molecule has 0 amide bonds. The number of rotatable bonds is 3. The van der Waals surface area contributed by atoms with Crippen molar-refractivity contribution >= 4 is 5.69 Å². The van der Waals surface area contributed by atoms with Gasteiger partial charge in [-0.15, -0.1) is 5.10 Å². The number of aromatic nitrogens is 4. The second-order valence-corrected chi connectivity index (χ2v) is 3.83. The molecule has 1 heterocycles. The maximum Gasteiger partial charge on any atom is 0.390 e. The van der Waals surface area contributed by atoms with Crippen LogP contribution in [0.15, 0.2) is 18.2 Å². The number of nitrogens with zero attached hydrogens (tertiary/aromatic N) is 4. The normalized spacial score (nSPS) is 11.8. The third-order valence-electron chi connectivity index (χ3n) is 2.39. The van der Waals surface area contributed by atoms with Gasteiger partial charge in [0, 0.05) is 5.56 Å². The Labute approximate surface area is 105 Å². The van der Waals surface area contributed by atoms with E-state index in [9.17, 15) is 17.6 Å². The van der Waals surface area contributed by atoms with Gasteiger partial charge in [0.25, 0.3) is 0 Å². The molecule has 0 aliphatic heterocycles. The van der Waals surface area contributed by atoms with E-state index in [0.717, 1.165) is 10.7 Å². The van der Waals surface area contributed by atoms with Gasteiger partial charge in [-0.25, -0.2) is 9.07 Å². The standard InChI is InChI=1S/C10H9F4N5/c11-7-2-1-6(5-8(7)15)9-16-17-18-19(9)4-3-10(12,13)14/h1-2,5H,3-4,15H2. The van der Waals surface area contributed by atoms with Crippen LogP contribution in [0, 0.1) is 5.82 Å². The fourth-order valence-corrected chi connectivity index (χ4v) is 1.48. The highest BCUT2D eigenvalue weighted by Crippen LogP contribution is 2.24. The quantitative estimate of drug-likeness (QED) is 0.687. The van der Waals surface area contributed by atoms with Crippen LogP contribution in [0.25, 0.3) is 11.4 Å². The van der Waals surface area contributed by atoms with E-state index in [1.165, 1.54) is 12.1 Å². The number of nitrogen functional groups attached to an aromatic ring is 1. The minimum Gasteiger partial charge on any atom is -0.396 e. The largest absolute Gasteiger partial charge is 0.396 e. The Kier molecular flexibility index (Phi) is 3.36. The van der Waals surface area contributed by atoms with Gasteiger partial charge in [0.05, 0.1) is 18.7 Å². The SMILES string of the molecule is Nc1cc(-c2nnnn2CCC(F)(F)F)ccc1F. The van der Waals surface area contributed by atoms with Crippen molar-refractivity contribution in [3.05, 3.63) is 24.0 Å². The first-order valence-electron chi connectivity index (χ1n) is 5.25. The first-order valence-corrected chi connectivity index (χ1v) is 5.25. The van der Waals surface area contributed by atoms with Crippen molar-refractivity contribution in [2.75, 3.05) is 5.73 Å². The lowest BCUT2D eigenvalue weighted by atomic mass is 10.2. The Morgan fingerprint density at radius 1 is 1.26 bits per heavy atom. The minimum absolute atomic E-state index is 0.107. The molecule has 0 saturated carbocycles. The molecule has 5 nitrogen and oxygen atoms in total. The second-order valence-electron chi connectivity index (χ2n) is 3.83. The third-order valence-corrected chi connectivity index (χ3v) is 2.39. The lowest BCUT2D eigenvalue weighted by molar-refractivity contribution is -0.137. The third kappa shape index (κ3) is 3.18. The summed E-state index contributed by atoms with van der Waals surface area (Å²) < 4.78 is 50.5. The number of hydrogen-bond acceptors (Lipinski definition) is 4. The lowest BCUT2D eigenvalue weighted by Gasteiger charge is -2.08. The van der Waals surface area contributed by atoms with Gasteiger partial charge in [0.15, 0.2) is 5.82 Å². The zero-order valence-corrected chi connectivity index (χ0v) is 9.52. The summed E-state index contributed by atoms with van der Waals surface area (Å²) in [4.78, 5) is 0. The van der Waals surface area contributed by atoms with Gasteiger partial charge in [0.2, 0.25) is 0 Å². The summed E-state index contributed by atoms with van der Waals surface area (Å²) >= 11 is 0.